The van der Waals surface area contributed by atoms with E-state index in [1.54, 1.807) is 4.90 Å². The van der Waals surface area contributed by atoms with Crippen LogP contribution in [0.3, 0.4) is 0 Å². The highest BCUT2D eigenvalue weighted by Gasteiger charge is 2.19. The number of piperazine rings is 1. The fraction of sp³-hybridized carbons (Fsp3) is 0.409. The highest BCUT2D eigenvalue weighted by atomic mass is 35.5. The van der Waals surface area contributed by atoms with Crippen molar-refractivity contribution >= 4 is 23.2 Å². The third-order valence-corrected chi connectivity index (χ3v) is 5.41. The van der Waals surface area contributed by atoms with Crippen LogP contribution in [0.25, 0.3) is 0 Å². The van der Waals surface area contributed by atoms with E-state index in [-0.39, 0.29) is 5.91 Å². The van der Waals surface area contributed by atoms with E-state index < -0.39 is 0 Å². The van der Waals surface area contributed by atoms with Gasteiger partial charge in [0.05, 0.1) is 0 Å². The van der Waals surface area contributed by atoms with Crippen molar-refractivity contribution in [2.24, 2.45) is 0 Å². The molecule has 0 N–H and O–H groups in total. The molecule has 1 amide bonds. The molecule has 5 heteroatoms. The number of carbonyl (C=O) groups is 1. The molecule has 2 aromatic rings. The largest absolute Gasteiger partial charge is 0.369 e. The first-order chi connectivity index (χ1) is 12.9. The molecule has 144 valence electrons. The summed E-state index contributed by atoms with van der Waals surface area (Å²) in [6, 6.07) is 16.2. The second-order valence-corrected chi connectivity index (χ2v) is 7.89. The molecule has 0 spiro atoms. The van der Waals surface area contributed by atoms with Crippen molar-refractivity contribution in [2.45, 2.75) is 26.4 Å². The molecular formula is C22H28ClN3O. The van der Waals surface area contributed by atoms with Crippen molar-refractivity contribution in [1.82, 2.24) is 9.80 Å². The Morgan fingerprint density at radius 3 is 2.33 bits per heavy atom. The van der Waals surface area contributed by atoms with Crippen LogP contribution in [0.4, 0.5) is 5.69 Å². The van der Waals surface area contributed by atoms with E-state index in [4.69, 9.17) is 11.6 Å². The van der Waals surface area contributed by atoms with E-state index >= 15 is 0 Å². The standard InChI is InChI=1S/C22H28ClN3O/c1-17(2)25-11-13-26(14-12-25)21-9-7-19(8-10-21)22(27)24(3)16-18-5-4-6-20(23)15-18/h4-10,15,17H,11-14,16H2,1-3H3. The van der Waals surface area contributed by atoms with Gasteiger partial charge in [-0.05, 0) is 55.8 Å². The molecule has 1 saturated heterocycles. The number of benzene rings is 2. The van der Waals surface area contributed by atoms with Gasteiger partial charge in [0.25, 0.3) is 5.91 Å². The minimum atomic E-state index is 0.0196. The predicted octanol–water partition coefficient (Wildman–Crippen LogP) is 4.14. The number of rotatable bonds is 5. The molecular weight excluding hydrogens is 358 g/mol. The van der Waals surface area contributed by atoms with E-state index in [9.17, 15) is 4.79 Å². The molecule has 0 aliphatic carbocycles. The summed E-state index contributed by atoms with van der Waals surface area (Å²) in [5, 5.41) is 0.690. The van der Waals surface area contributed by atoms with Crippen LogP contribution in [0.15, 0.2) is 48.5 Å². The fourth-order valence-electron chi connectivity index (χ4n) is 3.51. The van der Waals surface area contributed by atoms with E-state index in [1.807, 2.05) is 43.4 Å². The number of amides is 1. The van der Waals surface area contributed by atoms with Crippen LogP contribution >= 0.6 is 11.6 Å². The number of halogens is 1. The lowest BCUT2D eigenvalue weighted by Gasteiger charge is -2.38. The Bertz CT molecular complexity index is 767. The van der Waals surface area contributed by atoms with E-state index in [0.29, 0.717) is 23.2 Å². The van der Waals surface area contributed by atoms with Crippen molar-refractivity contribution in [3.63, 3.8) is 0 Å². The first-order valence-corrected chi connectivity index (χ1v) is 9.91. The Balaban J connectivity index is 1.60. The molecule has 1 heterocycles. The molecule has 3 rings (SSSR count). The quantitative estimate of drug-likeness (QED) is 0.773. The monoisotopic (exact) mass is 385 g/mol. The first-order valence-electron chi connectivity index (χ1n) is 9.53. The van der Waals surface area contributed by atoms with E-state index in [1.165, 1.54) is 5.69 Å². The third kappa shape index (κ3) is 5.02. The molecule has 2 aromatic carbocycles. The third-order valence-electron chi connectivity index (χ3n) is 5.18. The molecule has 0 radical (unpaired) electrons. The molecule has 0 aromatic heterocycles. The second kappa shape index (κ2) is 8.77. The highest BCUT2D eigenvalue weighted by molar-refractivity contribution is 6.30. The van der Waals surface area contributed by atoms with Gasteiger partial charge in [-0.25, -0.2) is 0 Å². The van der Waals surface area contributed by atoms with Gasteiger partial charge in [-0.1, -0.05) is 23.7 Å². The normalized spacial score (nSPS) is 15.2. The van der Waals surface area contributed by atoms with Crippen molar-refractivity contribution < 1.29 is 4.79 Å². The minimum Gasteiger partial charge on any atom is -0.369 e. The molecule has 0 bridgehead atoms. The average Bonchev–Trinajstić information content (AvgIpc) is 2.67. The SMILES string of the molecule is CC(C)N1CCN(c2ccc(C(=O)N(C)Cc3cccc(Cl)c3)cc2)CC1. The van der Waals surface area contributed by atoms with Crippen LogP contribution < -0.4 is 4.90 Å². The summed E-state index contributed by atoms with van der Waals surface area (Å²) in [4.78, 5) is 19.3. The summed E-state index contributed by atoms with van der Waals surface area (Å²) >= 11 is 6.03. The lowest BCUT2D eigenvalue weighted by Crippen LogP contribution is -2.48. The summed E-state index contributed by atoms with van der Waals surface area (Å²) in [6.07, 6.45) is 0. The molecule has 1 aliphatic rings. The predicted molar refractivity (Wildman–Crippen MR) is 113 cm³/mol. The minimum absolute atomic E-state index is 0.0196. The van der Waals surface area contributed by atoms with Gasteiger partial charge in [0, 0.05) is 62.1 Å². The Morgan fingerprint density at radius 2 is 1.74 bits per heavy atom. The van der Waals surface area contributed by atoms with Crippen molar-refractivity contribution in [3.8, 4) is 0 Å². The fourth-order valence-corrected chi connectivity index (χ4v) is 3.73. The summed E-state index contributed by atoms with van der Waals surface area (Å²) in [5.74, 6) is 0.0196. The lowest BCUT2D eigenvalue weighted by atomic mass is 10.1. The zero-order chi connectivity index (χ0) is 19.4. The molecule has 27 heavy (non-hydrogen) atoms. The number of hydrogen-bond acceptors (Lipinski definition) is 3. The Hall–Kier alpha value is -2.04. The van der Waals surface area contributed by atoms with Gasteiger partial charge in [-0.2, -0.15) is 0 Å². The van der Waals surface area contributed by atoms with Gasteiger partial charge in [0.1, 0.15) is 0 Å². The lowest BCUT2D eigenvalue weighted by molar-refractivity contribution is 0.0785. The van der Waals surface area contributed by atoms with Crippen LogP contribution in [-0.2, 0) is 6.54 Å². The topological polar surface area (TPSA) is 26.8 Å². The molecule has 0 saturated carbocycles. The summed E-state index contributed by atoms with van der Waals surface area (Å²) < 4.78 is 0. The van der Waals surface area contributed by atoms with Gasteiger partial charge >= 0.3 is 0 Å². The average molecular weight is 386 g/mol. The Kier molecular flexibility index (Phi) is 6.40. The summed E-state index contributed by atoms with van der Waals surface area (Å²) in [6.45, 7) is 9.26. The van der Waals surface area contributed by atoms with Crippen LogP contribution in [0.2, 0.25) is 5.02 Å². The maximum absolute atomic E-state index is 12.7. The zero-order valence-electron chi connectivity index (χ0n) is 16.4. The van der Waals surface area contributed by atoms with Crippen molar-refractivity contribution in [1.29, 1.82) is 0 Å². The van der Waals surface area contributed by atoms with E-state index in [0.717, 1.165) is 31.7 Å². The van der Waals surface area contributed by atoms with Crippen LogP contribution in [0.5, 0.6) is 0 Å². The molecule has 0 unspecified atom stereocenters. The number of anilines is 1. The maximum Gasteiger partial charge on any atom is 0.253 e. The smallest absolute Gasteiger partial charge is 0.253 e. The van der Waals surface area contributed by atoms with Crippen LogP contribution in [0, 0.1) is 0 Å². The Morgan fingerprint density at radius 1 is 1.07 bits per heavy atom. The second-order valence-electron chi connectivity index (χ2n) is 7.45. The van der Waals surface area contributed by atoms with Gasteiger partial charge in [0.15, 0.2) is 0 Å². The molecule has 0 atom stereocenters. The van der Waals surface area contributed by atoms with E-state index in [2.05, 4.69) is 35.8 Å². The highest BCUT2D eigenvalue weighted by Crippen LogP contribution is 2.19. The number of carbonyl (C=O) groups excluding carboxylic acids is 1. The van der Waals surface area contributed by atoms with Crippen molar-refractivity contribution in [3.05, 3.63) is 64.7 Å². The van der Waals surface area contributed by atoms with Gasteiger partial charge < -0.3 is 9.80 Å². The zero-order valence-corrected chi connectivity index (χ0v) is 17.1. The first kappa shape index (κ1) is 19.7. The van der Waals surface area contributed by atoms with Gasteiger partial charge in [-0.15, -0.1) is 0 Å². The van der Waals surface area contributed by atoms with Gasteiger partial charge in [-0.3, -0.25) is 9.69 Å². The molecule has 4 nitrogen and oxygen atoms in total. The molecule has 1 aliphatic heterocycles. The molecule has 1 fully saturated rings. The number of nitrogens with zero attached hydrogens (tertiary/aromatic N) is 3. The van der Waals surface area contributed by atoms with Gasteiger partial charge in [0.2, 0.25) is 0 Å². The Labute approximate surface area is 167 Å². The number of hydrogen-bond donors (Lipinski definition) is 0. The summed E-state index contributed by atoms with van der Waals surface area (Å²) in [7, 11) is 1.82. The van der Waals surface area contributed by atoms with Crippen LogP contribution in [-0.4, -0.2) is 55.0 Å². The van der Waals surface area contributed by atoms with Crippen LogP contribution in [0.1, 0.15) is 29.8 Å². The summed E-state index contributed by atoms with van der Waals surface area (Å²) in [5.41, 5.74) is 2.93. The maximum atomic E-state index is 12.7. The van der Waals surface area contributed by atoms with Crippen molar-refractivity contribution in [2.75, 3.05) is 38.1 Å².